The van der Waals surface area contributed by atoms with Crippen molar-refractivity contribution in [2.75, 3.05) is 30.3 Å². The number of benzene rings is 2. The number of ether oxygens (including phenoxy) is 3. The molecule has 238 valence electrons. The molecule has 0 aliphatic carbocycles. The van der Waals surface area contributed by atoms with Crippen LogP contribution in [-0.2, 0) is 20.7 Å². The third kappa shape index (κ3) is 8.50. The Morgan fingerprint density at radius 2 is 1.66 bits per heavy atom. The van der Waals surface area contributed by atoms with Gasteiger partial charge in [-0.1, -0.05) is 38.1 Å². The smallest absolute Gasteiger partial charge is 0.340 e. The highest BCUT2D eigenvalue weighted by Crippen LogP contribution is 2.46. The topological polar surface area (TPSA) is 86.9 Å². The predicted molar refractivity (Wildman–Crippen MR) is 174 cm³/mol. The van der Waals surface area contributed by atoms with Crippen molar-refractivity contribution in [3.05, 3.63) is 71.2 Å². The van der Waals surface area contributed by atoms with Crippen LogP contribution in [0, 0.1) is 18.2 Å². The lowest BCUT2D eigenvalue weighted by molar-refractivity contribution is -0.171. The van der Waals surface area contributed by atoms with Gasteiger partial charge in [-0.3, -0.25) is 0 Å². The molecular formula is C36H48FN3O4. The minimum atomic E-state index is -1.05. The molecule has 2 heterocycles. The normalized spacial score (nSPS) is 15.7. The molecule has 3 aromatic rings. The van der Waals surface area contributed by atoms with Gasteiger partial charge in [0.2, 0.25) is 0 Å². The maximum absolute atomic E-state index is 13.6. The fraction of sp³-hybridized carbons (Fsp3) is 0.500. The van der Waals surface area contributed by atoms with Gasteiger partial charge in [-0.25, -0.2) is 14.2 Å². The highest BCUT2D eigenvalue weighted by molar-refractivity contribution is 5.90. The summed E-state index contributed by atoms with van der Waals surface area (Å²) in [4.78, 5) is 20.7. The molecule has 0 spiro atoms. The molecular weight excluding hydrogens is 557 g/mol. The van der Waals surface area contributed by atoms with Crippen LogP contribution in [0.5, 0.6) is 5.75 Å². The Hall–Kier alpha value is -3.65. The van der Waals surface area contributed by atoms with Crippen LogP contribution in [0.4, 0.5) is 15.9 Å². The fourth-order valence-corrected chi connectivity index (χ4v) is 5.52. The number of rotatable bonds is 10. The number of piperidine rings is 1. The Morgan fingerprint density at radius 1 is 1.05 bits per heavy atom. The highest BCUT2D eigenvalue weighted by Gasteiger charge is 2.38. The average Bonchev–Trinajstić information content (AvgIpc) is 2.92. The van der Waals surface area contributed by atoms with Crippen molar-refractivity contribution in [2.45, 2.75) is 92.5 Å². The zero-order valence-corrected chi connectivity index (χ0v) is 27.5. The van der Waals surface area contributed by atoms with Crippen LogP contribution < -0.4 is 15.4 Å². The summed E-state index contributed by atoms with van der Waals surface area (Å²) in [6.45, 7) is 18.0. The maximum atomic E-state index is 13.6. The van der Waals surface area contributed by atoms with E-state index in [1.807, 2.05) is 65.8 Å². The summed E-state index contributed by atoms with van der Waals surface area (Å²) in [5.74, 6) is 0.262. The van der Waals surface area contributed by atoms with Gasteiger partial charge in [-0.2, -0.15) is 0 Å². The summed E-state index contributed by atoms with van der Waals surface area (Å²) in [5.41, 5.74) is 11.3. The van der Waals surface area contributed by atoms with Crippen molar-refractivity contribution in [3.8, 4) is 16.9 Å². The number of nitrogens with zero attached hydrogens (tertiary/aromatic N) is 2. The molecule has 1 aliphatic heterocycles. The predicted octanol–water partition coefficient (Wildman–Crippen LogP) is 7.83. The molecule has 0 bridgehead atoms. The molecule has 0 unspecified atom stereocenters. The third-order valence-electron chi connectivity index (χ3n) is 7.87. The number of nitrogen functional groups attached to an aromatic ring is 1. The molecule has 1 saturated heterocycles. The third-order valence-corrected chi connectivity index (χ3v) is 7.87. The molecule has 2 N–H and O–H groups in total. The van der Waals surface area contributed by atoms with Gasteiger partial charge in [0, 0.05) is 30.8 Å². The lowest BCUT2D eigenvalue weighted by Gasteiger charge is -2.41. The molecule has 4 rings (SSSR count). The molecule has 2 aromatic carbocycles. The first-order valence-corrected chi connectivity index (χ1v) is 15.5. The largest absolute Gasteiger partial charge is 0.493 e. The molecule has 0 amide bonds. The number of carbonyl (C=O) groups is 1. The van der Waals surface area contributed by atoms with Crippen molar-refractivity contribution in [1.82, 2.24) is 4.98 Å². The molecule has 0 saturated carbocycles. The second kappa shape index (κ2) is 13.6. The Balaban J connectivity index is 1.75. The number of esters is 1. The number of aryl methyl sites for hydroxylation is 1. The van der Waals surface area contributed by atoms with E-state index in [1.54, 1.807) is 12.1 Å². The van der Waals surface area contributed by atoms with Crippen molar-refractivity contribution in [1.29, 1.82) is 0 Å². The number of hydrogen-bond acceptors (Lipinski definition) is 7. The van der Waals surface area contributed by atoms with E-state index in [4.69, 9.17) is 24.9 Å². The molecule has 1 aliphatic rings. The number of pyridine rings is 1. The Bertz CT molecular complexity index is 1420. The SMILES string of the molecule is Cc1nc(N)c([C@H](OC(C)(C)C)C(=O)OC(C)C)c(N2CCC(C)(C)CC2)c1-c1ccc(OCCc2ccc(F)cc2)cc1. The van der Waals surface area contributed by atoms with Gasteiger partial charge >= 0.3 is 5.97 Å². The highest BCUT2D eigenvalue weighted by atomic mass is 19.1. The first-order valence-electron chi connectivity index (χ1n) is 15.5. The lowest BCUT2D eigenvalue weighted by atomic mass is 9.82. The van der Waals surface area contributed by atoms with E-state index in [1.165, 1.54) is 12.1 Å². The summed E-state index contributed by atoms with van der Waals surface area (Å²) in [6, 6.07) is 14.4. The van der Waals surface area contributed by atoms with Crippen molar-refractivity contribution < 1.29 is 23.4 Å². The average molecular weight is 606 g/mol. The summed E-state index contributed by atoms with van der Waals surface area (Å²) < 4.78 is 31.4. The zero-order valence-electron chi connectivity index (χ0n) is 27.5. The summed E-state index contributed by atoms with van der Waals surface area (Å²) in [6.07, 6.45) is 1.29. The summed E-state index contributed by atoms with van der Waals surface area (Å²) in [7, 11) is 0. The molecule has 8 heteroatoms. The van der Waals surface area contributed by atoms with Gasteiger partial charge in [-0.15, -0.1) is 0 Å². The quantitative estimate of drug-likeness (QED) is 0.236. The van der Waals surface area contributed by atoms with E-state index in [-0.39, 0.29) is 23.2 Å². The standard InChI is InChI=1S/C36H48FN3O4/c1-23(2)43-34(41)32(44-35(4,5)6)30-31(40-20-18-36(7,8)19-21-40)29(24(3)39-33(30)38)26-11-15-28(16-12-26)42-22-17-25-9-13-27(37)14-10-25/h9-16,23,32H,17-22H2,1-8H3,(H2,38,39)/t32-/m0/s1. The van der Waals surface area contributed by atoms with Crippen molar-refractivity contribution in [2.24, 2.45) is 5.41 Å². The van der Waals surface area contributed by atoms with E-state index < -0.39 is 17.7 Å². The lowest BCUT2D eigenvalue weighted by Crippen LogP contribution is -2.39. The fourth-order valence-electron chi connectivity index (χ4n) is 5.52. The first-order chi connectivity index (χ1) is 20.6. The van der Waals surface area contributed by atoms with Gasteiger partial charge < -0.3 is 24.8 Å². The van der Waals surface area contributed by atoms with Gasteiger partial charge in [0.05, 0.1) is 29.6 Å². The molecule has 44 heavy (non-hydrogen) atoms. The van der Waals surface area contributed by atoms with Gasteiger partial charge in [0.1, 0.15) is 17.4 Å². The Morgan fingerprint density at radius 3 is 2.23 bits per heavy atom. The van der Waals surface area contributed by atoms with E-state index in [2.05, 4.69) is 18.7 Å². The van der Waals surface area contributed by atoms with E-state index in [0.717, 1.165) is 59.8 Å². The minimum Gasteiger partial charge on any atom is -0.493 e. The molecule has 1 aromatic heterocycles. The minimum absolute atomic E-state index is 0.217. The summed E-state index contributed by atoms with van der Waals surface area (Å²) in [5, 5.41) is 0. The molecule has 1 atom stereocenters. The van der Waals surface area contributed by atoms with Crippen LogP contribution in [0.3, 0.4) is 0 Å². The maximum Gasteiger partial charge on any atom is 0.340 e. The van der Waals surface area contributed by atoms with E-state index in [9.17, 15) is 9.18 Å². The number of carbonyl (C=O) groups excluding carboxylic acids is 1. The molecule has 1 fully saturated rings. The number of nitrogens with two attached hydrogens (primary N) is 1. The van der Waals surface area contributed by atoms with Crippen LogP contribution in [-0.4, -0.2) is 42.4 Å². The number of hydrogen-bond donors (Lipinski definition) is 1. The Labute approximate surface area is 261 Å². The van der Waals surface area contributed by atoms with Crippen molar-refractivity contribution in [3.63, 3.8) is 0 Å². The van der Waals surface area contributed by atoms with Crippen LogP contribution in [0.2, 0.25) is 0 Å². The van der Waals surface area contributed by atoms with Crippen molar-refractivity contribution >= 4 is 17.5 Å². The van der Waals surface area contributed by atoms with Crippen LogP contribution in [0.15, 0.2) is 48.5 Å². The molecule has 0 radical (unpaired) electrons. The number of halogens is 1. The van der Waals surface area contributed by atoms with Crippen LogP contribution in [0.1, 0.15) is 84.2 Å². The zero-order chi connectivity index (χ0) is 32.2. The summed E-state index contributed by atoms with van der Waals surface area (Å²) >= 11 is 0. The molecule has 7 nitrogen and oxygen atoms in total. The van der Waals surface area contributed by atoms with Crippen LogP contribution in [0.25, 0.3) is 11.1 Å². The number of anilines is 2. The number of aromatic nitrogens is 1. The van der Waals surface area contributed by atoms with E-state index in [0.29, 0.717) is 18.6 Å². The second-order valence-corrected chi connectivity index (χ2v) is 13.7. The van der Waals surface area contributed by atoms with Gasteiger partial charge in [0.25, 0.3) is 0 Å². The van der Waals surface area contributed by atoms with Crippen LogP contribution >= 0.6 is 0 Å². The second-order valence-electron chi connectivity index (χ2n) is 13.7. The monoisotopic (exact) mass is 605 g/mol. The Kier molecular flexibility index (Phi) is 10.2. The van der Waals surface area contributed by atoms with E-state index >= 15 is 0 Å². The van der Waals surface area contributed by atoms with Gasteiger partial charge in [0.15, 0.2) is 6.10 Å². The first kappa shape index (κ1) is 33.2. The van der Waals surface area contributed by atoms with Gasteiger partial charge in [-0.05, 0) is 95.2 Å².